The number of halogens is 1. The summed E-state index contributed by atoms with van der Waals surface area (Å²) in [5, 5.41) is 2.72. The van der Waals surface area contributed by atoms with Gasteiger partial charge in [-0.05, 0) is 36.2 Å². The first-order chi connectivity index (χ1) is 9.97. The third-order valence-corrected chi connectivity index (χ3v) is 3.35. The van der Waals surface area contributed by atoms with E-state index in [1.807, 2.05) is 31.2 Å². The Morgan fingerprint density at radius 2 is 2.00 bits per heavy atom. The number of anilines is 1. The number of carbonyl (C=O) groups is 1. The molecule has 0 atom stereocenters. The minimum Gasteiger partial charge on any atom is -0.389 e. The van der Waals surface area contributed by atoms with Gasteiger partial charge in [0, 0.05) is 5.56 Å². The molecule has 3 N–H and O–H groups in total. The number of aryl methyl sites for hydroxylation is 1. The summed E-state index contributed by atoms with van der Waals surface area (Å²) in [5.41, 5.74) is 8.27. The maximum absolute atomic E-state index is 13.2. The van der Waals surface area contributed by atoms with Gasteiger partial charge in [-0.3, -0.25) is 4.79 Å². The summed E-state index contributed by atoms with van der Waals surface area (Å²) in [6.07, 6.45) is 0.237. The van der Waals surface area contributed by atoms with E-state index in [0.717, 1.165) is 11.1 Å². The van der Waals surface area contributed by atoms with E-state index in [4.69, 9.17) is 18.0 Å². The van der Waals surface area contributed by atoms with Crippen LogP contribution in [-0.2, 0) is 11.2 Å². The number of nitrogens with two attached hydrogens (primary N) is 1. The number of hydrogen-bond acceptors (Lipinski definition) is 2. The third kappa shape index (κ3) is 3.86. The zero-order valence-electron chi connectivity index (χ0n) is 11.5. The van der Waals surface area contributed by atoms with Crippen LogP contribution in [0.5, 0.6) is 0 Å². The molecule has 0 saturated heterocycles. The van der Waals surface area contributed by atoms with Gasteiger partial charge in [0.1, 0.15) is 10.8 Å². The van der Waals surface area contributed by atoms with Crippen molar-refractivity contribution in [2.24, 2.45) is 5.73 Å². The van der Waals surface area contributed by atoms with Crippen LogP contribution < -0.4 is 11.1 Å². The summed E-state index contributed by atoms with van der Waals surface area (Å²) in [6, 6.07) is 11.6. The largest absolute Gasteiger partial charge is 0.389 e. The maximum Gasteiger partial charge on any atom is 0.228 e. The molecule has 0 aliphatic carbocycles. The quantitative estimate of drug-likeness (QED) is 0.854. The smallest absolute Gasteiger partial charge is 0.228 e. The molecular formula is C16H15FN2OS. The van der Waals surface area contributed by atoms with Gasteiger partial charge in [-0.1, -0.05) is 36.5 Å². The molecule has 2 rings (SSSR count). The van der Waals surface area contributed by atoms with E-state index in [-0.39, 0.29) is 17.3 Å². The van der Waals surface area contributed by atoms with Gasteiger partial charge >= 0.3 is 0 Å². The van der Waals surface area contributed by atoms with Crippen LogP contribution in [0.25, 0.3) is 0 Å². The highest BCUT2D eigenvalue weighted by molar-refractivity contribution is 7.80. The van der Waals surface area contributed by atoms with Crippen molar-refractivity contribution in [2.75, 3.05) is 5.32 Å². The summed E-state index contributed by atoms with van der Waals surface area (Å²) >= 11 is 4.87. The van der Waals surface area contributed by atoms with Gasteiger partial charge in [0.25, 0.3) is 0 Å². The molecule has 0 aromatic heterocycles. The van der Waals surface area contributed by atoms with Crippen molar-refractivity contribution in [3.05, 3.63) is 65.0 Å². The van der Waals surface area contributed by atoms with E-state index >= 15 is 0 Å². The number of thiocarbonyl (C=S) groups is 1. The van der Waals surface area contributed by atoms with Crippen LogP contribution in [0.2, 0.25) is 0 Å². The lowest BCUT2D eigenvalue weighted by Crippen LogP contribution is -2.19. The highest BCUT2D eigenvalue weighted by Gasteiger charge is 2.11. The summed E-state index contributed by atoms with van der Waals surface area (Å²) in [6.45, 7) is 1.95. The minimum absolute atomic E-state index is 0.0423. The number of rotatable bonds is 4. The van der Waals surface area contributed by atoms with E-state index < -0.39 is 5.82 Å². The molecule has 1 amide bonds. The zero-order valence-corrected chi connectivity index (χ0v) is 12.3. The predicted molar refractivity (Wildman–Crippen MR) is 85.8 cm³/mol. The first kappa shape index (κ1) is 15.1. The first-order valence-electron chi connectivity index (χ1n) is 6.41. The van der Waals surface area contributed by atoms with E-state index in [1.54, 1.807) is 0 Å². The number of benzene rings is 2. The second kappa shape index (κ2) is 6.45. The Morgan fingerprint density at radius 1 is 1.29 bits per heavy atom. The summed E-state index contributed by atoms with van der Waals surface area (Å²) in [7, 11) is 0. The van der Waals surface area contributed by atoms with Crippen molar-refractivity contribution in [3.8, 4) is 0 Å². The Hall–Kier alpha value is -2.27. The number of nitrogens with one attached hydrogen (secondary N) is 1. The molecule has 5 heteroatoms. The molecule has 0 saturated carbocycles. The van der Waals surface area contributed by atoms with Gasteiger partial charge < -0.3 is 11.1 Å². The number of amides is 1. The van der Waals surface area contributed by atoms with Gasteiger partial charge in [-0.2, -0.15) is 0 Å². The fourth-order valence-corrected chi connectivity index (χ4v) is 2.17. The highest BCUT2D eigenvalue weighted by Crippen LogP contribution is 2.18. The third-order valence-electron chi connectivity index (χ3n) is 3.13. The zero-order chi connectivity index (χ0) is 15.4. The standard InChI is InChI=1S/C16H15FN2OS/c1-10-4-2-3-5-11(10)8-15(20)19-14-7-6-12(17)9-13(14)16(18)21/h2-7,9H,8H2,1H3,(H2,18,21)(H,19,20). The summed E-state index contributed by atoms with van der Waals surface area (Å²) in [4.78, 5) is 12.1. The van der Waals surface area contributed by atoms with E-state index in [9.17, 15) is 9.18 Å². The maximum atomic E-state index is 13.2. The van der Waals surface area contributed by atoms with Crippen molar-refractivity contribution in [1.29, 1.82) is 0 Å². The van der Waals surface area contributed by atoms with Crippen LogP contribution >= 0.6 is 12.2 Å². The van der Waals surface area contributed by atoms with Crippen LogP contribution in [0.1, 0.15) is 16.7 Å². The van der Waals surface area contributed by atoms with Crippen LogP contribution in [-0.4, -0.2) is 10.9 Å². The molecule has 0 aliphatic heterocycles. The van der Waals surface area contributed by atoms with Crippen molar-refractivity contribution < 1.29 is 9.18 Å². The van der Waals surface area contributed by atoms with Gasteiger partial charge in [0.15, 0.2) is 0 Å². The Kier molecular flexibility index (Phi) is 4.65. The van der Waals surface area contributed by atoms with E-state index in [1.165, 1.54) is 18.2 Å². The molecule has 0 aliphatic rings. The lowest BCUT2D eigenvalue weighted by atomic mass is 10.1. The molecule has 0 bridgehead atoms. The first-order valence-corrected chi connectivity index (χ1v) is 6.82. The Bertz CT molecular complexity index is 700. The number of carbonyl (C=O) groups excluding carboxylic acids is 1. The molecule has 21 heavy (non-hydrogen) atoms. The second-order valence-electron chi connectivity index (χ2n) is 4.71. The van der Waals surface area contributed by atoms with Crippen LogP contribution in [0.4, 0.5) is 10.1 Å². The Labute approximate surface area is 128 Å². The van der Waals surface area contributed by atoms with Crippen LogP contribution in [0.3, 0.4) is 0 Å². The SMILES string of the molecule is Cc1ccccc1CC(=O)Nc1ccc(F)cc1C(N)=S. The molecule has 0 fully saturated rings. The van der Waals surface area contributed by atoms with Crippen molar-refractivity contribution in [3.63, 3.8) is 0 Å². The van der Waals surface area contributed by atoms with Gasteiger partial charge in [0.05, 0.1) is 12.1 Å². The number of hydrogen-bond donors (Lipinski definition) is 2. The summed E-state index contributed by atoms with van der Waals surface area (Å²) in [5.74, 6) is -0.650. The molecule has 0 unspecified atom stereocenters. The van der Waals surface area contributed by atoms with Crippen molar-refractivity contribution >= 4 is 28.8 Å². The molecule has 0 heterocycles. The topological polar surface area (TPSA) is 55.1 Å². The molecule has 0 spiro atoms. The second-order valence-corrected chi connectivity index (χ2v) is 5.15. The van der Waals surface area contributed by atoms with Crippen LogP contribution in [0, 0.1) is 12.7 Å². The lowest BCUT2D eigenvalue weighted by Gasteiger charge is -2.11. The van der Waals surface area contributed by atoms with Crippen molar-refractivity contribution in [2.45, 2.75) is 13.3 Å². The Morgan fingerprint density at radius 3 is 2.67 bits per heavy atom. The lowest BCUT2D eigenvalue weighted by molar-refractivity contribution is -0.115. The fraction of sp³-hybridized carbons (Fsp3) is 0.125. The van der Waals surface area contributed by atoms with Crippen LogP contribution in [0.15, 0.2) is 42.5 Å². The molecule has 2 aromatic rings. The average Bonchev–Trinajstić information content (AvgIpc) is 2.43. The molecule has 3 nitrogen and oxygen atoms in total. The molecular weight excluding hydrogens is 287 g/mol. The minimum atomic E-state index is -0.449. The fourth-order valence-electron chi connectivity index (χ4n) is 2.01. The molecule has 0 radical (unpaired) electrons. The van der Waals surface area contributed by atoms with Crippen molar-refractivity contribution in [1.82, 2.24) is 0 Å². The normalized spacial score (nSPS) is 10.2. The van der Waals surface area contributed by atoms with E-state index in [0.29, 0.717) is 11.3 Å². The molecule has 108 valence electrons. The average molecular weight is 302 g/mol. The van der Waals surface area contributed by atoms with Gasteiger partial charge in [-0.15, -0.1) is 0 Å². The highest BCUT2D eigenvalue weighted by atomic mass is 32.1. The summed E-state index contributed by atoms with van der Waals surface area (Å²) < 4.78 is 13.2. The van der Waals surface area contributed by atoms with Gasteiger partial charge in [0.2, 0.25) is 5.91 Å². The Balaban J connectivity index is 2.17. The van der Waals surface area contributed by atoms with Gasteiger partial charge in [-0.25, -0.2) is 4.39 Å². The van der Waals surface area contributed by atoms with E-state index in [2.05, 4.69) is 5.32 Å². The molecule has 2 aromatic carbocycles. The predicted octanol–water partition coefficient (Wildman–Crippen LogP) is 2.95. The monoisotopic (exact) mass is 302 g/mol.